The quantitative estimate of drug-likeness (QED) is 0.00740. The van der Waals surface area contributed by atoms with Crippen molar-refractivity contribution in [2.45, 2.75) is 160 Å². The Morgan fingerprint density at radius 2 is 0.811 bits per heavy atom. The molecular formula is C94H131N15O26S8. The first-order valence-electron chi connectivity index (χ1n) is 44.6. The van der Waals surface area contributed by atoms with Crippen LogP contribution in [0.4, 0.5) is 44.4 Å². The molecule has 0 aliphatic heterocycles. The predicted octanol–water partition coefficient (Wildman–Crippen LogP) is 18.2. The van der Waals surface area contributed by atoms with E-state index in [1.807, 2.05) is 88.2 Å². The molecule has 2 atom stereocenters. The first kappa shape index (κ1) is 122. The molecule has 8 aromatic rings. The molecule has 0 aliphatic rings. The number of carbonyl (C=O) groups excluding carboxylic acids is 7. The van der Waals surface area contributed by atoms with Crippen LogP contribution in [-0.2, 0) is 124 Å². The molecule has 2 heterocycles. The molecule has 0 saturated carbocycles. The van der Waals surface area contributed by atoms with Crippen LogP contribution in [0.3, 0.4) is 0 Å². The van der Waals surface area contributed by atoms with E-state index in [0.717, 1.165) is 48.5 Å². The summed E-state index contributed by atoms with van der Waals surface area (Å²) in [5, 5.41) is 31.9. The molecule has 0 fully saturated rings. The van der Waals surface area contributed by atoms with Gasteiger partial charge in [-0.15, -0.1) is 44.0 Å². The van der Waals surface area contributed by atoms with E-state index < -0.39 is 110 Å². The highest BCUT2D eigenvalue weighted by atomic mass is 32.2. The molecule has 49 heteroatoms. The summed E-state index contributed by atoms with van der Waals surface area (Å²) in [6.07, 6.45) is 3.60. The standard InChI is InChI=1S/2C39H49N7O11S4.C10H21NO2.C6H12O2/c2*1-8-54-33(48)22-58-24-39(5,6)36(49)56-17-16-55-34-30(38(2,3)4)19-28(20-31(34)41-32(47)21-57-29-14-12-25(13-15-29)23-61(40,52)53)43-44-37-42-35(45-59-37)26-10-9-11-27(18-26)46-60(7,50)51;1-6-10(2,3)9(12)13-8-7-11(4)5;1-4-6(2,3)5(7)8/h2*9-15,18-20,46H,8,16-17,21-24H2,1-7H3,(H,41,47)(H2,40,52,53);6-8H2,1-5H3;4H2,1-3H3,(H,7,8). The van der Waals surface area contributed by atoms with E-state index in [1.54, 1.807) is 128 Å². The molecule has 0 aliphatic carbocycles. The zero-order valence-electron chi connectivity index (χ0n) is 84.3. The average molecular weight is 2140 g/mol. The molecule has 2 amide bonds. The smallest absolute Gasteiger partial charge is 0.315 e. The molecule has 0 radical (unpaired) electrons. The van der Waals surface area contributed by atoms with Gasteiger partial charge in [-0.3, -0.25) is 47.8 Å². The van der Waals surface area contributed by atoms with Crippen molar-refractivity contribution in [3.05, 3.63) is 144 Å². The minimum atomic E-state index is -3.73. The maximum atomic E-state index is 13.4. The molecule has 2 aromatic heterocycles. The fraction of sp³-hybridized carbons (Fsp3) is 0.489. The van der Waals surface area contributed by atoms with Crippen molar-refractivity contribution < 1.29 is 120 Å². The number of aromatic nitrogens is 4. The van der Waals surface area contributed by atoms with Gasteiger partial charge in [-0.25, -0.2) is 34.8 Å². The third-order valence-electron chi connectivity index (χ3n) is 19.7. The van der Waals surface area contributed by atoms with E-state index in [9.17, 15) is 72.7 Å². The molecule has 9 N–H and O–H groups in total. The summed E-state index contributed by atoms with van der Waals surface area (Å²) in [5.74, 6) is -1.71. The van der Waals surface area contributed by atoms with Crippen LogP contribution < -0.4 is 39.0 Å². The summed E-state index contributed by atoms with van der Waals surface area (Å²) in [6.45, 7) is 33.6. The van der Waals surface area contributed by atoms with Gasteiger partial charge >= 0.3 is 35.8 Å². The zero-order chi connectivity index (χ0) is 107. The number of hydrogen-bond acceptors (Lipinski definition) is 38. The van der Waals surface area contributed by atoms with Crippen LogP contribution in [-0.4, -0.2) is 226 Å². The molecule has 8 rings (SSSR count). The first-order valence-corrected chi connectivity index (χ1v) is 55.6. The monoisotopic (exact) mass is 2140 g/mol. The summed E-state index contributed by atoms with van der Waals surface area (Å²) < 4.78 is 167. The molecule has 2 unspecified atom stereocenters. The lowest BCUT2D eigenvalue weighted by molar-refractivity contribution is -0.154. The number of sulfonamides is 2. The van der Waals surface area contributed by atoms with Gasteiger partial charge in [-0.05, 0) is 191 Å². The summed E-state index contributed by atoms with van der Waals surface area (Å²) in [7, 11) is -10.6. The van der Waals surface area contributed by atoms with Crippen molar-refractivity contribution in [2.75, 3.05) is 136 Å². The summed E-state index contributed by atoms with van der Waals surface area (Å²) in [4.78, 5) is 109. The van der Waals surface area contributed by atoms with Gasteiger partial charge in [0.15, 0.2) is 44.9 Å². The van der Waals surface area contributed by atoms with Crippen LogP contribution in [0, 0.1) is 31.2 Å². The van der Waals surface area contributed by atoms with Gasteiger partial charge < -0.3 is 72.4 Å². The number of rotatable bonds is 49. The third-order valence-corrected chi connectivity index (χ3v) is 26.3. The topological polar surface area (TPSA) is 583 Å². The SMILES string of the molecule is CCC(C)(C)C(=O)O.CCC(C)(C)C(=O)OCCN(C)C.CCOC(=O)CSCC(C)(C)C(=O)OCCOc1c(NC(=O)COc2ccc(CS(=N)(=O)O)cc2)cc(N=Nc2nc(-c3cccc(NS(C)(=O)=O)c3)ns2)cc1C(C)(C)C.CCOC(=O)CSCC(C)(C)C(=O)OCCOc1c(NC(=O)COc2ccc(CS(=N)(=O)O)cc2)cc(N=Nc2nc(-c3cccc(NS(C)(=O)=O)c3)ns2)cc1C(C)(C)C. The minimum Gasteiger partial charge on any atom is -0.488 e. The number of likely N-dealkylation sites (N-methyl/N-ethyl adjacent to an activating group) is 1. The Morgan fingerprint density at radius 3 is 1.13 bits per heavy atom. The van der Waals surface area contributed by atoms with Crippen molar-refractivity contribution >= 4 is 179 Å². The van der Waals surface area contributed by atoms with Crippen molar-refractivity contribution in [2.24, 2.45) is 42.1 Å². The van der Waals surface area contributed by atoms with E-state index in [1.165, 1.54) is 72.1 Å². The van der Waals surface area contributed by atoms with Crippen molar-refractivity contribution in [3.8, 4) is 45.8 Å². The first-order chi connectivity index (χ1) is 66.4. The Kier molecular flexibility index (Phi) is 47.5. The third kappa shape index (κ3) is 46.0. The second kappa shape index (κ2) is 55.6. The number of aliphatic carboxylic acids is 1. The van der Waals surface area contributed by atoms with Gasteiger partial charge in [0, 0.05) is 74.7 Å². The van der Waals surface area contributed by atoms with Gasteiger partial charge in [0.05, 0.1) is 93.1 Å². The number of azo groups is 2. The van der Waals surface area contributed by atoms with E-state index in [0.29, 0.717) is 104 Å². The van der Waals surface area contributed by atoms with E-state index in [-0.39, 0.29) is 119 Å². The van der Waals surface area contributed by atoms with Crippen LogP contribution in [0.2, 0.25) is 0 Å². The number of amides is 2. The number of carbonyl (C=O) groups is 8. The van der Waals surface area contributed by atoms with E-state index in [4.69, 9.17) is 57.3 Å². The number of ether oxygens (including phenoxy) is 9. The lowest BCUT2D eigenvalue weighted by atomic mass is 9.85. The maximum Gasteiger partial charge on any atom is 0.315 e. The number of hydrogen-bond donors (Lipinski definition) is 9. The Bertz CT molecular complexity index is 5850. The highest BCUT2D eigenvalue weighted by molar-refractivity contribution is 8.00. The second-order valence-electron chi connectivity index (χ2n) is 36.9. The Labute approximate surface area is 853 Å². The Hall–Kier alpha value is -11.4. The van der Waals surface area contributed by atoms with Gasteiger partial charge in [-0.1, -0.05) is 104 Å². The molecule has 0 saturated heterocycles. The van der Waals surface area contributed by atoms with Crippen molar-refractivity contribution in [1.82, 2.24) is 23.6 Å². The zero-order valence-corrected chi connectivity index (χ0v) is 90.8. The van der Waals surface area contributed by atoms with Crippen LogP contribution in [0.5, 0.6) is 23.0 Å². The van der Waals surface area contributed by atoms with Gasteiger partial charge in [0.2, 0.25) is 30.3 Å². The Morgan fingerprint density at radius 1 is 0.455 bits per heavy atom. The lowest BCUT2D eigenvalue weighted by Crippen LogP contribution is -2.31. The maximum absolute atomic E-state index is 13.4. The van der Waals surface area contributed by atoms with Crippen LogP contribution in [0.15, 0.2) is 142 Å². The molecule has 41 nitrogen and oxygen atoms in total. The molecule has 0 bridgehead atoms. The normalized spacial score (nSPS) is 12.8. The average Bonchev–Trinajstić information content (AvgIpc) is 1.02. The fourth-order valence-corrected chi connectivity index (χ4v) is 16.7. The molecule has 143 heavy (non-hydrogen) atoms. The number of anilines is 4. The minimum absolute atomic E-state index is 0.0829. The van der Waals surface area contributed by atoms with E-state index >= 15 is 0 Å². The van der Waals surface area contributed by atoms with Crippen molar-refractivity contribution in [3.63, 3.8) is 0 Å². The number of carboxylic acids is 1. The van der Waals surface area contributed by atoms with Crippen LogP contribution in [0.25, 0.3) is 22.8 Å². The molecule has 786 valence electrons. The van der Waals surface area contributed by atoms with Crippen LogP contribution in [0.1, 0.15) is 160 Å². The number of thioether (sulfide) groups is 2. The number of nitrogens with zero attached hydrogens (tertiary/aromatic N) is 9. The largest absolute Gasteiger partial charge is 0.488 e. The summed E-state index contributed by atoms with van der Waals surface area (Å²) in [6, 6.07) is 31.9. The number of carboxylic acid groups (broad SMARTS) is 1. The highest BCUT2D eigenvalue weighted by Crippen LogP contribution is 2.44. The summed E-state index contributed by atoms with van der Waals surface area (Å²) in [5.41, 5.74) is 1.17. The van der Waals surface area contributed by atoms with Crippen LogP contribution >= 0.6 is 46.6 Å². The van der Waals surface area contributed by atoms with Gasteiger partial charge in [0.25, 0.3) is 11.8 Å². The van der Waals surface area contributed by atoms with Crippen molar-refractivity contribution in [1.29, 1.82) is 9.56 Å². The molecule has 6 aromatic carbocycles. The van der Waals surface area contributed by atoms with E-state index in [2.05, 4.69) is 59.2 Å². The Balaban J connectivity index is 0.000000418. The lowest BCUT2D eigenvalue weighted by Gasteiger charge is -2.26. The highest BCUT2D eigenvalue weighted by Gasteiger charge is 2.34. The predicted molar refractivity (Wildman–Crippen MR) is 555 cm³/mol. The molecule has 0 spiro atoms. The van der Waals surface area contributed by atoms with Gasteiger partial charge in [-0.2, -0.15) is 18.7 Å². The number of benzene rings is 6. The van der Waals surface area contributed by atoms with Gasteiger partial charge in [0.1, 0.15) is 56.0 Å². The number of esters is 5. The number of nitrogens with one attached hydrogen (secondary N) is 6. The summed E-state index contributed by atoms with van der Waals surface area (Å²) >= 11 is 4.48. The second-order valence-corrected chi connectivity index (χ2v) is 47.0. The fourth-order valence-electron chi connectivity index (χ4n) is 11.3. The molecular weight excluding hydrogens is 2010 g/mol.